The molecule has 0 fully saturated rings. The molecule has 1 aliphatic carbocycles. The first-order valence-corrected chi connectivity index (χ1v) is 13.5. The molecular formula is C35H36O6. The number of rotatable bonds is 7. The van der Waals surface area contributed by atoms with E-state index in [0.29, 0.717) is 23.3 Å². The van der Waals surface area contributed by atoms with Crippen LogP contribution in [0, 0.1) is 12.3 Å². The molecule has 3 aromatic rings. The van der Waals surface area contributed by atoms with Crippen LogP contribution in [0.2, 0.25) is 0 Å². The van der Waals surface area contributed by atoms with E-state index in [1.165, 1.54) is 0 Å². The van der Waals surface area contributed by atoms with E-state index < -0.39 is 29.6 Å². The van der Waals surface area contributed by atoms with E-state index in [-0.39, 0.29) is 5.97 Å². The van der Waals surface area contributed by atoms with E-state index in [4.69, 9.17) is 14.2 Å². The van der Waals surface area contributed by atoms with Gasteiger partial charge in [-0.1, -0.05) is 55.6 Å². The summed E-state index contributed by atoms with van der Waals surface area (Å²) in [6.45, 7) is 18.0. The van der Waals surface area contributed by atoms with Crippen molar-refractivity contribution in [3.05, 3.63) is 102 Å². The standard InChI is InChI=1S/C35H36O6/c1-20(2)32(36)39-26-13-9-23(10-14-26)27-15-11-24(17-22(27)5)25-12-16-28-29(18-25)31(41-34(38)35(6,7)8)19-30(28)40-33(37)21(3)4/h9-18,30-31H,1,3,19H2,2,4-8H3. The molecule has 3 aromatic carbocycles. The molecule has 2 unspecified atom stereocenters. The molecule has 6 nitrogen and oxygen atoms in total. The van der Waals surface area contributed by atoms with E-state index in [0.717, 1.165) is 38.9 Å². The number of hydrogen-bond donors (Lipinski definition) is 0. The second-order valence-corrected chi connectivity index (χ2v) is 11.6. The van der Waals surface area contributed by atoms with Crippen molar-refractivity contribution in [2.24, 2.45) is 5.41 Å². The summed E-state index contributed by atoms with van der Waals surface area (Å²) in [6, 6.07) is 19.5. The van der Waals surface area contributed by atoms with Gasteiger partial charge in [0, 0.05) is 23.1 Å². The third kappa shape index (κ3) is 6.65. The number of benzene rings is 3. The zero-order valence-electron chi connectivity index (χ0n) is 24.5. The number of ether oxygens (including phenoxy) is 3. The van der Waals surface area contributed by atoms with Gasteiger partial charge in [0.2, 0.25) is 0 Å². The number of aryl methyl sites for hydroxylation is 1. The molecule has 41 heavy (non-hydrogen) atoms. The Balaban J connectivity index is 1.63. The van der Waals surface area contributed by atoms with Crippen molar-refractivity contribution in [3.8, 4) is 28.0 Å². The largest absolute Gasteiger partial charge is 0.457 e. The fraction of sp³-hybridized carbons (Fsp3) is 0.286. The third-order valence-electron chi connectivity index (χ3n) is 6.95. The maximum Gasteiger partial charge on any atom is 0.338 e. The molecule has 2 atom stereocenters. The smallest absolute Gasteiger partial charge is 0.338 e. The normalized spacial score (nSPS) is 16.0. The quantitative estimate of drug-likeness (QED) is 0.168. The molecule has 0 bridgehead atoms. The maximum atomic E-state index is 12.8. The monoisotopic (exact) mass is 552 g/mol. The highest BCUT2D eigenvalue weighted by Gasteiger charge is 2.38. The van der Waals surface area contributed by atoms with Crippen LogP contribution in [0.25, 0.3) is 22.3 Å². The third-order valence-corrected chi connectivity index (χ3v) is 6.95. The Morgan fingerprint density at radius 3 is 1.88 bits per heavy atom. The lowest BCUT2D eigenvalue weighted by Crippen LogP contribution is -2.24. The van der Waals surface area contributed by atoms with Gasteiger partial charge in [-0.15, -0.1) is 0 Å². The SMILES string of the molecule is C=C(C)C(=O)Oc1ccc(-c2ccc(-c3ccc4c(c3)C(OC(=O)C(C)(C)C)CC4OC(=O)C(=C)C)cc2C)cc1. The van der Waals surface area contributed by atoms with Gasteiger partial charge in [-0.25, -0.2) is 9.59 Å². The first kappa shape index (κ1) is 29.5. The van der Waals surface area contributed by atoms with Crippen molar-refractivity contribution in [1.29, 1.82) is 0 Å². The molecule has 0 N–H and O–H groups in total. The fourth-order valence-electron chi connectivity index (χ4n) is 4.60. The number of carbonyl (C=O) groups excluding carboxylic acids is 3. The molecule has 0 radical (unpaired) electrons. The summed E-state index contributed by atoms with van der Waals surface area (Å²) >= 11 is 0. The van der Waals surface area contributed by atoms with Crippen LogP contribution in [-0.4, -0.2) is 17.9 Å². The van der Waals surface area contributed by atoms with Crippen LogP contribution in [0.5, 0.6) is 5.75 Å². The van der Waals surface area contributed by atoms with Crippen LogP contribution in [0.4, 0.5) is 0 Å². The molecule has 6 heteroatoms. The van der Waals surface area contributed by atoms with E-state index in [1.54, 1.807) is 26.0 Å². The van der Waals surface area contributed by atoms with Gasteiger partial charge < -0.3 is 14.2 Å². The second kappa shape index (κ2) is 11.6. The zero-order valence-corrected chi connectivity index (χ0v) is 24.5. The molecule has 4 rings (SSSR count). The minimum atomic E-state index is -0.665. The minimum Gasteiger partial charge on any atom is -0.457 e. The summed E-state index contributed by atoms with van der Waals surface area (Å²) in [5.41, 5.74) is 6.74. The number of carbonyl (C=O) groups is 3. The average molecular weight is 553 g/mol. The lowest BCUT2D eigenvalue weighted by atomic mass is 9.94. The van der Waals surface area contributed by atoms with Crippen molar-refractivity contribution >= 4 is 17.9 Å². The Morgan fingerprint density at radius 2 is 1.29 bits per heavy atom. The molecule has 0 aliphatic heterocycles. The Bertz CT molecular complexity index is 1540. The van der Waals surface area contributed by atoms with Crippen LogP contribution < -0.4 is 4.74 Å². The number of hydrogen-bond acceptors (Lipinski definition) is 6. The summed E-state index contributed by atoms with van der Waals surface area (Å²) in [5.74, 6) is -0.779. The van der Waals surface area contributed by atoms with Crippen molar-refractivity contribution in [2.45, 2.75) is 60.2 Å². The highest BCUT2D eigenvalue weighted by molar-refractivity contribution is 5.89. The zero-order chi connectivity index (χ0) is 30.1. The summed E-state index contributed by atoms with van der Waals surface area (Å²) in [5, 5.41) is 0. The van der Waals surface area contributed by atoms with Gasteiger partial charge in [0.25, 0.3) is 0 Å². The molecule has 0 spiro atoms. The van der Waals surface area contributed by atoms with Gasteiger partial charge in [-0.2, -0.15) is 0 Å². The molecule has 0 amide bonds. The van der Waals surface area contributed by atoms with Gasteiger partial charge in [-0.3, -0.25) is 4.79 Å². The van der Waals surface area contributed by atoms with E-state index in [1.807, 2.05) is 64.1 Å². The van der Waals surface area contributed by atoms with E-state index in [9.17, 15) is 14.4 Å². The summed E-state index contributed by atoms with van der Waals surface area (Å²) in [7, 11) is 0. The second-order valence-electron chi connectivity index (χ2n) is 11.6. The molecule has 0 saturated heterocycles. The lowest BCUT2D eigenvalue weighted by Gasteiger charge is -2.21. The predicted octanol–water partition coefficient (Wildman–Crippen LogP) is 8.01. The summed E-state index contributed by atoms with van der Waals surface area (Å²) < 4.78 is 16.9. The highest BCUT2D eigenvalue weighted by atomic mass is 16.6. The molecule has 212 valence electrons. The van der Waals surface area contributed by atoms with Crippen LogP contribution in [-0.2, 0) is 23.9 Å². The van der Waals surface area contributed by atoms with E-state index in [2.05, 4.69) is 25.3 Å². The van der Waals surface area contributed by atoms with Crippen LogP contribution >= 0.6 is 0 Å². The molecular weight excluding hydrogens is 516 g/mol. The van der Waals surface area contributed by atoms with Gasteiger partial charge in [0.15, 0.2) is 0 Å². The predicted molar refractivity (Wildman–Crippen MR) is 159 cm³/mol. The van der Waals surface area contributed by atoms with Crippen molar-refractivity contribution < 1.29 is 28.6 Å². The van der Waals surface area contributed by atoms with Crippen molar-refractivity contribution in [2.75, 3.05) is 0 Å². The van der Waals surface area contributed by atoms with Gasteiger partial charge >= 0.3 is 17.9 Å². The fourth-order valence-corrected chi connectivity index (χ4v) is 4.60. The number of esters is 3. The molecule has 1 aliphatic rings. The summed E-state index contributed by atoms with van der Waals surface area (Å²) in [6.07, 6.45) is -0.699. The first-order valence-electron chi connectivity index (χ1n) is 13.5. The highest BCUT2D eigenvalue weighted by Crippen LogP contribution is 2.46. The maximum absolute atomic E-state index is 12.8. The van der Waals surface area contributed by atoms with Gasteiger partial charge in [0.1, 0.15) is 18.0 Å². The Hall–Kier alpha value is -4.45. The lowest BCUT2D eigenvalue weighted by molar-refractivity contribution is -0.160. The minimum absolute atomic E-state index is 0.314. The van der Waals surface area contributed by atoms with Crippen LogP contribution in [0.3, 0.4) is 0 Å². The molecule has 0 heterocycles. The summed E-state index contributed by atoms with van der Waals surface area (Å²) in [4.78, 5) is 36.9. The van der Waals surface area contributed by atoms with Gasteiger partial charge in [-0.05, 0) is 93.1 Å². The Labute approximate surface area is 241 Å². The van der Waals surface area contributed by atoms with Crippen LogP contribution in [0.1, 0.15) is 69.9 Å². The average Bonchev–Trinajstić information content (AvgIpc) is 3.24. The molecule has 0 aromatic heterocycles. The molecule has 0 saturated carbocycles. The van der Waals surface area contributed by atoms with Crippen molar-refractivity contribution in [1.82, 2.24) is 0 Å². The Kier molecular flexibility index (Phi) is 8.34. The Morgan fingerprint density at radius 1 is 0.732 bits per heavy atom. The number of fused-ring (bicyclic) bond motifs is 1. The van der Waals surface area contributed by atoms with Crippen LogP contribution in [0.15, 0.2) is 85.0 Å². The topological polar surface area (TPSA) is 78.9 Å². The van der Waals surface area contributed by atoms with E-state index >= 15 is 0 Å². The van der Waals surface area contributed by atoms with Gasteiger partial charge in [0.05, 0.1) is 5.41 Å². The van der Waals surface area contributed by atoms with Crippen molar-refractivity contribution in [3.63, 3.8) is 0 Å². The first-order chi connectivity index (χ1) is 19.2.